The van der Waals surface area contributed by atoms with E-state index in [2.05, 4.69) is 11.4 Å². The SMILES string of the molecule is N#CC1=C(N)N(c2cc(Cl)cc(Cl)c2)C2=C(C(=O)CCC2)[C@]12C(=O)Nc1ccccc12. The summed E-state index contributed by atoms with van der Waals surface area (Å²) in [6.07, 6.45) is 1.41. The second kappa shape index (κ2) is 6.88. The minimum Gasteiger partial charge on any atom is -0.384 e. The van der Waals surface area contributed by atoms with Gasteiger partial charge in [-0.3, -0.25) is 14.5 Å². The number of nitrogens with one attached hydrogen (secondary N) is 1. The number of hydrogen-bond donors (Lipinski definition) is 2. The minimum absolute atomic E-state index is 0.0139. The highest BCUT2D eigenvalue weighted by Crippen LogP contribution is 2.55. The lowest BCUT2D eigenvalue weighted by molar-refractivity contribution is -0.122. The lowest BCUT2D eigenvalue weighted by Crippen LogP contribution is -2.50. The number of rotatable bonds is 1. The van der Waals surface area contributed by atoms with Crippen LogP contribution in [0.1, 0.15) is 24.8 Å². The van der Waals surface area contributed by atoms with Crippen molar-refractivity contribution in [2.45, 2.75) is 24.7 Å². The molecule has 0 aromatic heterocycles. The van der Waals surface area contributed by atoms with Crippen LogP contribution in [0.2, 0.25) is 10.0 Å². The van der Waals surface area contributed by atoms with Gasteiger partial charge < -0.3 is 11.1 Å². The summed E-state index contributed by atoms with van der Waals surface area (Å²) in [5.41, 5.74) is 7.56. The van der Waals surface area contributed by atoms with Gasteiger partial charge in [-0.1, -0.05) is 41.4 Å². The number of Topliss-reactive ketones (excluding diaryl/α,β-unsaturated/α-hetero) is 1. The van der Waals surface area contributed by atoms with Gasteiger partial charge in [0.1, 0.15) is 17.3 Å². The molecule has 6 nitrogen and oxygen atoms in total. The molecule has 1 spiro atoms. The Morgan fingerprint density at radius 1 is 1.10 bits per heavy atom. The molecule has 5 rings (SSSR count). The first kappa shape index (κ1) is 19.7. The van der Waals surface area contributed by atoms with Crippen molar-refractivity contribution in [2.75, 3.05) is 10.2 Å². The molecule has 0 fully saturated rings. The second-order valence-electron chi connectivity index (χ2n) is 7.68. The molecule has 0 saturated carbocycles. The van der Waals surface area contributed by atoms with Crippen molar-refractivity contribution < 1.29 is 9.59 Å². The van der Waals surface area contributed by atoms with Gasteiger partial charge >= 0.3 is 0 Å². The van der Waals surface area contributed by atoms with E-state index >= 15 is 0 Å². The predicted octanol–water partition coefficient (Wildman–Crippen LogP) is 4.40. The van der Waals surface area contributed by atoms with Crippen LogP contribution < -0.4 is 16.0 Å². The molecular formula is C23H16Cl2N4O2. The van der Waals surface area contributed by atoms with Gasteiger partial charge in [0.15, 0.2) is 5.78 Å². The predicted molar refractivity (Wildman–Crippen MR) is 118 cm³/mol. The van der Waals surface area contributed by atoms with E-state index in [0.29, 0.717) is 57.5 Å². The number of nitrogens with two attached hydrogens (primary N) is 1. The quantitative estimate of drug-likeness (QED) is 0.670. The zero-order valence-electron chi connectivity index (χ0n) is 16.2. The number of ketones is 1. The van der Waals surface area contributed by atoms with Gasteiger partial charge in [-0.2, -0.15) is 5.26 Å². The fourth-order valence-corrected chi connectivity index (χ4v) is 5.42. The molecule has 0 saturated heterocycles. The number of nitrogens with zero attached hydrogens (tertiary/aromatic N) is 2. The summed E-state index contributed by atoms with van der Waals surface area (Å²) in [6.45, 7) is 0. The number of carbonyl (C=O) groups excluding carboxylic acids is 2. The van der Waals surface area contributed by atoms with Crippen LogP contribution >= 0.6 is 23.2 Å². The zero-order valence-corrected chi connectivity index (χ0v) is 17.7. The number of anilines is 2. The van der Waals surface area contributed by atoms with Crippen molar-refractivity contribution >= 4 is 46.3 Å². The molecule has 31 heavy (non-hydrogen) atoms. The maximum absolute atomic E-state index is 13.5. The van der Waals surface area contributed by atoms with E-state index < -0.39 is 11.3 Å². The summed E-state index contributed by atoms with van der Waals surface area (Å²) in [6, 6.07) is 14.1. The molecule has 8 heteroatoms. The van der Waals surface area contributed by atoms with Gasteiger partial charge in [-0.15, -0.1) is 0 Å². The van der Waals surface area contributed by atoms with E-state index in [-0.39, 0.29) is 17.2 Å². The van der Waals surface area contributed by atoms with Gasteiger partial charge in [-0.05, 0) is 37.1 Å². The fourth-order valence-electron chi connectivity index (χ4n) is 4.91. The molecule has 3 aliphatic rings. The Kier molecular flexibility index (Phi) is 4.37. The third-order valence-electron chi connectivity index (χ3n) is 6.04. The average molecular weight is 451 g/mol. The van der Waals surface area contributed by atoms with Gasteiger partial charge in [0.05, 0.1) is 11.3 Å². The van der Waals surface area contributed by atoms with Crippen molar-refractivity contribution in [2.24, 2.45) is 5.73 Å². The molecular weight excluding hydrogens is 435 g/mol. The molecule has 0 radical (unpaired) electrons. The Morgan fingerprint density at radius 2 is 1.81 bits per heavy atom. The highest BCUT2D eigenvalue weighted by atomic mass is 35.5. The Bertz CT molecular complexity index is 1270. The standard InChI is InChI=1S/C23H16Cl2N4O2/c24-12-8-13(25)10-14(9-12)29-18-6-3-7-19(30)20(18)23(16(11-26)21(29)27)15-4-1-2-5-17(15)28-22(23)31/h1-2,4-5,8-10H,3,6-7,27H2,(H,28,31)/t23-/m1/s1. The van der Waals surface area contributed by atoms with Crippen LogP contribution in [-0.4, -0.2) is 11.7 Å². The van der Waals surface area contributed by atoms with Crippen molar-refractivity contribution in [1.29, 1.82) is 5.26 Å². The Balaban J connectivity index is 1.89. The third-order valence-corrected chi connectivity index (χ3v) is 6.48. The van der Waals surface area contributed by atoms with Crippen molar-refractivity contribution in [3.05, 3.63) is 80.7 Å². The molecule has 1 aliphatic carbocycles. The van der Waals surface area contributed by atoms with Crippen molar-refractivity contribution in [1.82, 2.24) is 0 Å². The molecule has 154 valence electrons. The molecule has 2 aromatic carbocycles. The van der Waals surface area contributed by atoms with Gasteiger partial charge in [-0.25, -0.2) is 0 Å². The second-order valence-corrected chi connectivity index (χ2v) is 8.56. The Hall–Kier alpha value is -3.27. The maximum Gasteiger partial charge on any atom is 0.245 e. The van der Waals surface area contributed by atoms with Crippen LogP contribution in [0.25, 0.3) is 0 Å². The number of fused-ring (bicyclic) bond motifs is 3. The van der Waals surface area contributed by atoms with E-state index in [9.17, 15) is 14.9 Å². The average Bonchev–Trinajstić information content (AvgIpc) is 3.00. The van der Waals surface area contributed by atoms with Gasteiger partial charge in [0.2, 0.25) is 5.91 Å². The van der Waals surface area contributed by atoms with E-state index in [0.717, 1.165) is 0 Å². The summed E-state index contributed by atoms with van der Waals surface area (Å²) >= 11 is 12.4. The number of halogens is 2. The monoisotopic (exact) mass is 450 g/mol. The summed E-state index contributed by atoms with van der Waals surface area (Å²) in [7, 11) is 0. The van der Waals surface area contributed by atoms with E-state index in [1.165, 1.54) is 0 Å². The summed E-state index contributed by atoms with van der Waals surface area (Å²) in [5, 5.41) is 13.8. The van der Waals surface area contributed by atoms with Crippen LogP contribution in [0, 0.1) is 11.3 Å². The number of amides is 1. The molecule has 3 N–H and O–H groups in total. The highest BCUT2D eigenvalue weighted by Gasteiger charge is 2.59. The first-order chi connectivity index (χ1) is 14.9. The van der Waals surface area contributed by atoms with E-state index in [4.69, 9.17) is 28.9 Å². The fraction of sp³-hybridized carbons (Fsp3) is 0.174. The van der Waals surface area contributed by atoms with Crippen LogP contribution in [0.15, 0.2) is 65.1 Å². The first-order valence-corrected chi connectivity index (χ1v) is 10.5. The largest absolute Gasteiger partial charge is 0.384 e. The number of allylic oxidation sites excluding steroid dienone is 1. The lowest BCUT2D eigenvalue weighted by Gasteiger charge is -2.43. The Morgan fingerprint density at radius 3 is 2.52 bits per heavy atom. The highest BCUT2D eigenvalue weighted by molar-refractivity contribution is 6.35. The van der Waals surface area contributed by atoms with E-state index in [1.54, 1.807) is 47.4 Å². The van der Waals surface area contributed by atoms with Crippen LogP contribution in [0.3, 0.4) is 0 Å². The number of carbonyl (C=O) groups is 2. The first-order valence-electron chi connectivity index (χ1n) is 9.74. The van der Waals surface area contributed by atoms with Gasteiger partial charge in [0.25, 0.3) is 0 Å². The van der Waals surface area contributed by atoms with E-state index in [1.807, 2.05) is 0 Å². The third kappa shape index (κ3) is 2.57. The molecule has 2 aliphatic heterocycles. The molecule has 1 atom stereocenters. The van der Waals surface area contributed by atoms with Crippen molar-refractivity contribution in [3.8, 4) is 6.07 Å². The normalized spacial score (nSPS) is 22.4. The summed E-state index contributed by atoms with van der Waals surface area (Å²) in [4.78, 5) is 28.5. The smallest absolute Gasteiger partial charge is 0.245 e. The lowest BCUT2D eigenvalue weighted by atomic mass is 9.64. The molecule has 1 amide bonds. The van der Waals surface area contributed by atoms with Crippen LogP contribution in [-0.2, 0) is 15.0 Å². The Labute approximate surface area is 188 Å². The number of hydrogen-bond acceptors (Lipinski definition) is 5. The van der Waals surface area contributed by atoms with Crippen molar-refractivity contribution in [3.63, 3.8) is 0 Å². The zero-order chi connectivity index (χ0) is 21.9. The topological polar surface area (TPSA) is 99.2 Å². The maximum atomic E-state index is 13.5. The summed E-state index contributed by atoms with van der Waals surface area (Å²) < 4.78 is 0. The molecule has 2 aromatic rings. The molecule has 2 heterocycles. The molecule has 0 unspecified atom stereocenters. The number of nitriles is 1. The minimum atomic E-state index is -1.57. The van der Waals surface area contributed by atoms with Gasteiger partial charge in [0, 0.05) is 39.0 Å². The number of para-hydroxylation sites is 1. The van der Waals surface area contributed by atoms with Crippen LogP contribution in [0.5, 0.6) is 0 Å². The number of benzene rings is 2. The van der Waals surface area contributed by atoms with Crippen LogP contribution in [0.4, 0.5) is 11.4 Å². The molecule has 0 bridgehead atoms. The summed E-state index contributed by atoms with van der Waals surface area (Å²) in [5.74, 6) is -0.535.